The number of nitrogens with one attached hydrogen (secondary N) is 1. The third-order valence-electron chi connectivity index (χ3n) is 3.94. The smallest absolute Gasteiger partial charge is 0.345 e. The van der Waals surface area contributed by atoms with Crippen LogP contribution in [0.3, 0.4) is 0 Å². The molecule has 0 aliphatic carbocycles. The van der Waals surface area contributed by atoms with Gasteiger partial charge in [0.25, 0.3) is 5.69 Å². The first-order valence-electron chi connectivity index (χ1n) is 8.23. The number of hydrogen-bond donors (Lipinski definition) is 1. The van der Waals surface area contributed by atoms with Crippen LogP contribution in [0, 0.1) is 10.1 Å². The molecule has 0 saturated heterocycles. The molecule has 0 fully saturated rings. The number of aromatic nitrogens is 1. The number of thiazole rings is 1. The SMILES string of the molecule is O=c1oc2ccc(Br)cc2cc1-c1cnc(N/N=C/c2ccc([N+](=O)[O-])cc2)s1. The lowest BCUT2D eigenvalue weighted by Crippen LogP contribution is -2.01. The van der Waals surface area contributed by atoms with Gasteiger partial charge in [-0.15, -0.1) is 0 Å². The molecule has 10 heteroatoms. The number of fused-ring (bicyclic) bond motifs is 1. The van der Waals surface area contributed by atoms with Gasteiger partial charge in [-0.05, 0) is 42.0 Å². The normalized spacial score (nSPS) is 11.2. The second kappa shape index (κ2) is 7.94. The molecule has 0 unspecified atom stereocenters. The maximum Gasteiger partial charge on any atom is 0.345 e. The molecule has 0 amide bonds. The maximum absolute atomic E-state index is 12.3. The number of nitro benzene ring substituents is 1. The van der Waals surface area contributed by atoms with E-state index in [4.69, 9.17) is 4.42 Å². The highest BCUT2D eigenvalue weighted by atomic mass is 79.9. The van der Waals surface area contributed by atoms with E-state index < -0.39 is 10.5 Å². The fraction of sp³-hybridized carbons (Fsp3) is 0. The van der Waals surface area contributed by atoms with Crippen LogP contribution in [-0.2, 0) is 0 Å². The van der Waals surface area contributed by atoms with Crippen LogP contribution in [0.2, 0.25) is 0 Å². The Labute approximate surface area is 175 Å². The van der Waals surface area contributed by atoms with E-state index in [1.165, 1.54) is 29.7 Å². The van der Waals surface area contributed by atoms with Crippen molar-refractivity contribution in [2.75, 3.05) is 5.43 Å². The van der Waals surface area contributed by atoms with Crippen molar-refractivity contribution in [2.24, 2.45) is 5.10 Å². The van der Waals surface area contributed by atoms with Crippen molar-refractivity contribution in [3.05, 3.63) is 85.3 Å². The van der Waals surface area contributed by atoms with E-state index in [1.807, 2.05) is 12.1 Å². The summed E-state index contributed by atoms with van der Waals surface area (Å²) in [6.07, 6.45) is 3.09. The minimum atomic E-state index is -0.460. The zero-order chi connectivity index (χ0) is 20.4. The molecule has 0 bridgehead atoms. The van der Waals surface area contributed by atoms with Crippen LogP contribution < -0.4 is 11.1 Å². The fourth-order valence-electron chi connectivity index (χ4n) is 2.56. The molecule has 0 saturated carbocycles. The predicted molar refractivity (Wildman–Crippen MR) is 116 cm³/mol. The highest BCUT2D eigenvalue weighted by Crippen LogP contribution is 2.29. The Morgan fingerprint density at radius 3 is 2.76 bits per heavy atom. The number of halogens is 1. The molecule has 0 spiro atoms. The number of hydrogen-bond acceptors (Lipinski definition) is 8. The quantitative estimate of drug-likeness (QED) is 0.189. The van der Waals surface area contributed by atoms with Crippen molar-refractivity contribution in [3.8, 4) is 10.4 Å². The second-order valence-electron chi connectivity index (χ2n) is 5.88. The second-order valence-corrected chi connectivity index (χ2v) is 7.82. The number of anilines is 1. The molecule has 29 heavy (non-hydrogen) atoms. The lowest BCUT2D eigenvalue weighted by atomic mass is 10.2. The molecular weight excluding hydrogens is 460 g/mol. The molecule has 8 nitrogen and oxygen atoms in total. The topological polar surface area (TPSA) is 111 Å². The number of nitro groups is 1. The van der Waals surface area contributed by atoms with Gasteiger partial charge < -0.3 is 4.42 Å². The zero-order valence-corrected chi connectivity index (χ0v) is 16.9. The summed E-state index contributed by atoms with van der Waals surface area (Å²) in [5.41, 5.74) is 3.99. The van der Waals surface area contributed by atoms with Gasteiger partial charge in [0.2, 0.25) is 5.13 Å². The van der Waals surface area contributed by atoms with Crippen LogP contribution in [0.1, 0.15) is 5.56 Å². The largest absolute Gasteiger partial charge is 0.422 e. The number of hydrazone groups is 1. The van der Waals surface area contributed by atoms with Crippen LogP contribution in [0.4, 0.5) is 10.8 Å². The van der Waals surface area contributed by atoms with Crippen molar-refractivity contribution >= 4 is 55.3 Å². The Balaban J connectivity index is 1.52. The molecular formula is C19H11BrN4O4S. The summed E-state index contributed by atoms with van der Waals surface area (Å²) in [4.78, 5) is 27.4. The van der Waals surface area contributed by atoms with Crippen LogP contribution in [0.25, 0.3) is 21.4 Å². The number of nitrogens with zero attached hydrogens (tertiary/aromatic N) is 3. The summed E-state index contributed by atoms with van der Waals surface area (Å²) in [5.74, 6) is 0. The molecule has 0 aliphatic heterocycles. The Hall–Kier alpha value is -3.37. The Bertz CT molecular complexity index is 1300. The van der Waals surface area contributed by atoms with Gasteiger partial charge >= 0.3 is 5.63 Å². The summed E-state index contributed by atoms with van der Waals surface area (Å²) in [7, 11) is 0. The van der Waals surface area contributed by atoms with E-state index in [-0.39, 0.29) is 5.69 Å². The van der Waals surface area contributed by atoms with Crippen LogP contribution >= 0.6 is 27.3 Å². The molecule has 0 aliphatic rings. The Morgan fingerprint density at radius 2 is 2.00 bits per heavy atom. The number of rotatable bonds is 5. The number of non-ortho nitro benzene ring substituents is 1. The maximum atomic E-state index is 12.3. The summed E-state index contributed by atoms with van der Waals surface area (Å²) >= 11 is 4.66. The third kappa shape index (κ3) is 4.23. The highest BCUT2D eigenvalue weighted by molar-refractivity contribution is 9.10. The van der Waals surface area contributed by atoms with Crippen molar-refractivity contribution in [3.63, 3.8) is 0 Å². The van der Waals surface area contributed by atoms with Gasteiger partial charge in [-0.3, -0.25) is 15.5 Å². The molecule has 4 rings (SSSR count). The minimum absolute atomic E-state index is 0.0147. The van der Waals surface area contributed by atoms with Gasteiger partial charge in [-0.2, -0.15) is 5.10 Å². The van der Waals surface area contributed by atoms with Crippen LogP contribution in [-0.4, -0.2) is 16.1 Å². The average Bonchev–Trinajstić information content (AvgIpc) is 3.17. The highest BCUT2D eigenvalue weighted by Gasteiger charge is 2.11. The summed E-state index contributed by atoms with van der Waals surface area (Å²) < 4.78 is 6.27. The van der Waals surface area contributed by atoms with E-state index in [9.17, 15) is 14.9 Å². The average molecular weight is 471 g/mol. The zero-order valence-electron chi connectivity index (χ0n) is 14.5. The van der Waals surface area contributed by atoms with E-state index in [0.717, 1.165) is 9.86 Å². The predicted octanol–water partition coefficient (Wildman–Crippen LogP) is 5.03. The molecule has 1 N–H and O–H groups in total. The van der Waals surface area contributed by atoms with Gasteiger partial charge in [-0.1, -0.05) is 27.3 Å². The van der Waals surface area contributed by atoms with Crippen molar-refractivity contribution in [1.29, 1.82) is 0 Å². The molecule has 2 aromatic heterocycles. The lowest BCUT2D eigenvalue weighted by Gasteiger charge is -2.00. The minimum Gasteiger partial charge on any atom is -0.422 e. The molecule has 2 heterocycles. The summed E-state index contributed by atoms with van der Waals surface area (Å²) in [5, 5.41) is 16.0. The van der Waals surface area contributed by atoms with Gasteiger partial charge in [0.15, 0.2) is 0 Å². The van der Waals surface area contributed by atoms with Crippen LogP contribution in [0.5, 0.6) is 0 Å². The first kappa shape index (κ1) is 19.0. The summed E-state index contributed by atoms with van der Waals surface area (Å²) in [6.45, 7) is 0. The van der Waals surface area contributed by atoms with E-state index >= 15 is 0 Å². The standard InChI is InChI=1S/C19H11BrN4O4S/c20-13-3-6-16-12(7-13)8-15(18(25)28-16)17-10-21-19(29-17)23-22-9-11-1-4-14(5-2-11)24(26)27/h1-10H,(H,21,23)/b22-9+. The van der Waals surface area contributed by atoms with E-state index in [2.05, 4.69) is 31.4 Å². The Kier molecular flexibility index (Phi) is 5.19. The fourth-order valence-corrected chi connectivity index (χ4v) is 3.71. The third-order valence-corrected chi connectivity index (χ3v) is 5.37. The Morgan fingerprint density at radius 1 is 1.21 bits per heavy atom. The molecule has 0 radical (unpaired) electrons. The molecule has 4 aromatic rings. The van der Waals surface area contributed by atoms with Gasteiger partial charge in [0.1, 0.15) is 5.58 Å². The van der Waals surface area contributed by atoms with Gasteiger partial charge in [0.05, 0.1) is 21.6 Å². The first-order valence-corrected chi connectivity index (χ1v) is 9.84. The monoisotopic (exact) mass is 470 g/mol. The van der Waals surface area contributed by atoms with Crippen molar-refractivity contribution in [1.82, 2.24) is 4.98 Å². The number of benzene rings is 2. The van der Waals surface area contributed by atoms with Crippen molar-refractivity contribution < 1.29 is 9.34 Å². The van der Waals surface area contributed by atoms with Crippen LogP contribution in [0.15, 0.2) is 73.5 Å². The molecule has 0 atom stereocenters. The van der Waals surface area contributed by atoms with E-state index in [0.29, 0.717) is 26.7 Å². The molecule has 2 aromatic carbocycles. The van der Waals surface area contributed by atoms with Gasteiger partial charge in [0, 0.05) is 28.2 Å². The molecule has 144 valence electrons. The summed E-state index contributed by atoms with van der Waals surface area (Å²) in [6, 6.07) is 13.2. The van der Waals surface area contributed by atoms with E-state index in [1.54, 1.807) is 30.5 Å². The lowest BCUT2D eigenvalue weighted by molar-refractivity contribution is -0.384. The first-order chi connectivity index (χ1) is 14.0. The van der Waals surface area contributed by atoms with Crippen molar-refractivity contribution in [2.45, 2.75) is 0 Å². The van der Waals surface area contributed by atoms with Gasteiger partial charge in [-0.25, -0.2) is 9.78 Å².